The zero-order valence-corrected chi connectivity index (χ0v) is 12.6. The minimum atomic E-state index is -0.0586. The number of hydrogen-bond acceptors (Lipinski definition) is 3. The lowest BCUT2D eigenvalue weighted by molar-refractivity contribution is 0.0942. The van der Waals surface area contributed by atoms with Gasteiger partial charge in [0, 0.05) is 38.6 Å². The zero-order chi connectivity index (χ0) is 15.1. The second-order valence-electron chi connectivity index (χ2n) is 4.90. The van der Waals surface area contributed by atoms with Gasteiger partial charge in [-0.05, 0) is 31.5 Å². The second-order valence-corrected chi connectivity index (χ2v) is 4.90. The predicted octanol–water partition coefficient (Wildman–Crippen LogP) is 2.16. The molecular weight excluding hydrogens is 264 g/mol. The fourth-order valence-corrected chi connectivity index (χ4v) is 2.20. The SMILES string of the molecule is CCn1nccc1C(=O)NCCCN(C)c1ccccc1. The quantitative estimate of drug-likeness (QED) is 0.794. The van der Waals surface area contributed by atoms with Gasteiger partial charge in [0.05, 0.1) is 0 Å². The van der Waals surface area contributed by atoms with Gasteiger partial charge < -0.3 is 10.2 Å². The summed E-state index contributed by atoms with van der Waals surface area (Å²) in [4.78, 5) is 14.2. The first-order chi connectivity index (χ1) is 10.2. The van der Waals surface area contributed by atoms with Crippen molar-refractivity contribution in [3.63, 3.8) is 0 Å². The van der Waals surface area contributed by atoms with Gasteiger partial charge >= 0.3 is 0 Å². The van der Waals surface area contributed by atoms with Gasteiger partial charge in [0.2, 0.25) is 0 Å². The van der Waals surface area contributed by atoms with Crippen molar-refractivity contribution in [3.05, 3.63) is 48.3 Å². The van der Waals surface area contributed by atoms with Crippen molar-refractivity contribution >= 4 is 11.6 Å². The first kappa shape index (κ1) is 15.1. The summed E-state index contributed by atoms with van der Waals surface area (Å²) in [6.45, 7) is 4.23. The fourth-order valence-electron chi connectivity index (χ4n) is 2.20. The van der Waals surface area contributed by atoms with E-state index in [4.69, 9.17) is 0 Å². The Hall–Kier alpha value is -2.30. The highest BCUT2D eigenvalue weighted by atomic mass is 16.2. The van der Waals surface area contributed by atoms with Crippen LogP contribution in [0, 0.1) is 0 Å². The number of amides is 1. The number of carbonyl (C=O) groups excluding carboxylic acids is 1. The molecule has 0 bridgehead atoms. The third kappa shape index (κ3) is 4.08. The minimum Gasteiger partial charge on any atom is -0.375 e. The molecule has 0 spiro atoms. The molecule has 1 heterocycles. The van der Waals surface area contributed by atoms with Crippen LogP contribution in [-0.4, -0.2) is 35.8 Å². The maximum Gasteiger partial charge on any atom is 0.269 e. The number of nitrogens with one attached hydrogen (secondary N) is 1. The molecule has 2 rings (SSSR count). The Bertz CT molecular complexity index is 565. The van der Waals surface area contributed by atoms with Gasteiger partial charge in [-0.3, -0.25) is 9.48 Å². The summed E-state index contributed by atoms with van der Waals surface area (Å²) in [6.07, 6.45) is 2.55. The Morgan fingerprint density at radius 1 is 1.29 bits per heavy atom. The van der Waals surface area contributed by atoms with E-state index in [1.165, 1.54) is 5.69 Å². The van der Waals surface area contributed by atoms with Crippen LogP contribution in [0.4, 0.5) is 5.69 Å². The van der Waals surface area contributed by atoms with Gasteiger partial charge in [0.25, 0.3) is 5.91 Å². The molecule has 1 amide bonds. The summed E-state index contributed by atoms with van der Waals surface area (Å²) in [5, 5.41) is 7.04. The topological polar surface area (TPSA) is 50.2 Å². The molecule has 1 N–H and O–H groups in total. The van der Waals surface area contributed by atoms with Crippen LogP contribution in [-0.2, 0) is 6.54 Å². The first-order valence-corrected chi connectivity index (χ1v) is 7.28. The number of rotatable bonds is 7. The van der Waals surface area contributed by atoms with Crippen LogP contribution in [0.25, 0.3) is 0 Å². The van der Waals surface area contributed by atoms with E-state index < -0.39 is 0 Å². The number of anilines is 1. The highest BCUT2D eigenvalue weighted by molar-refractivity contribution is 5.92. The summed E-state index contributed by atoms with van der Waals surface area (Å²) in [6, 6.07) is 12.0. The largest absolute Gasteiger partial charge is 0.375 e. The third-order valence-electron chi connectivity index (χ3n) is 3.40. The van der Waals surface area contributed by atoms with Crippen LogP contribution < -0.4 is 10.2 Å². The molecule has 0 atom stereocenters. The summed E-state index contributed by atoms with van der Waals surface area (Å²) < 4.78 is 1.70. The van der Waals surface area contributed by atoms with Crippen LogP contribution in [0.5, 0.6) is 0 Å². The normalized spacial score (nSPS) is 10.4. The number of aromatic nitrogens is 2. The highest BCUT2D eigenvalue weighted by Gasteiger charge is 2.10. The Balaban J connectivity index is 1.74. The van der Waals surface area contributed by atoms with Gasteiger partial charge in [-0.2, -0.15) is 5.10 Å². The number of hydrogen-bond donors (Lipinski definition) is 1. The van der Waals surface area contributed by atoms with E-state index in [0.29, 0.717) is 18.8 Å². The number of aryl methyl sites for hydroxylation is 1. The van der Waals surface area contributed by atoms with E-state index in [9.17, 15) is 4.79 Å². The molecule has 0 saturated carbocycles. The molecule has 1 aromatic carbocycles. The molecule has 0 aliphatic heterocycles. The van der Waals surface area contributed by atoms with E-state index in [-0.39, 0.29) is 5.91 Å². The molecule has 0 aliphatic rings. The molecule has 5 nitrogen and oxygen atoms in total. The summed E-state index contributed by atoms with van der Waals surface area (Å²) in [5.74, 6) is -0.0586. The van der Waals surface area contributed by atoms with Crippen molar-refractivity contribution in [2.45, 2.75) is 19.9 Å². The van der Waals surface area contributed by atoms with Crippen LogP contribution in [0.2, 0.25) is 0 Å². The smallest absolute Gasteiger partial charge is 0.269 e. The fraction of sp³-hybridized carbons (Fsp3) is 0.375. The first-order valence-electron chi connectivity index (χ1n) is 7.28. The van der Waals surface area contributed by atoms with Gasteiger partial charge in [0.1, 0.15) is 5.69 Å². The number of para-hydroxylation sites is 1. The molecular formula is C16H22N4O. The van der Waals surface area contributed by atoms with Crippen molar-refractivity contribution in [3.8, 4) is 0 Å². The van der Waals surface area contributed by atoms with Crippen LogP contribution in [0.3, 0.4) is 0 Å². The van der Waals surface area contributed by atoms with Crippen LogP contribution in [0.15, 0.2) is 42.6 Å². The standard InChI is InChI=1S/C16H22N4O/c1-3-20-15(10-12-18-20)16(21)17-11-7-13-19(2)14-8-5-4-6-9-14/h4-6,8-10,12H,3,7,11,13H2,1-2H3,(H,17,21). The molecule has 5 heteroatoms. The van der Waals surface area contributed by atoms with Gasteiger partial charge in [-0.25, -0.2) is 0 Å². The molecule has 0 aliphatic carbocycles. The predicted molar refractivity (Wildman–Crippen MR) is 84.6 cm³/mol. The lowest BCUT2D eigenvalue weighted by Gasteiger charge is -2.19. The van der Waals surface area contributed by atoms with Crippen molar-refractivity contribution in [2.75, 3.05) is 25.0 Å². The van der Waals surface area contributed by atoms with E-state index in [0.717, 1.165) is 13.0 Å². The van der Waals surface area contributed by atoms with Crippen molar-refractivity contribution < 1.29 is 4.79 Å². The zero-order valence-electron chi connectivity index (χ0n) is 12.6. The molecule has 21 heavy (non-hydrogen) atoms. The molecule has 0 unspecified atom stereocenters. The summed E-state index contributed by atoms with van der Waals surface area (Å²) in [7, 11) is 2.06. The number of benzene rings is 1. The van der Waals surface area contributed by atoms with E-state index in [1.807, 2.05) is 25.1 Å². The minimum absolute atomic E-state index is 0.0586. The maximum atomic E-state index is 12.0. The number of carbonyl (C=O) groups is 1. The second kappa shape index (κ2) is 7.47. The molecule has 0 radical (unpaired) electrons. The highest BCUT2D eigenvalue weighted by Crippen LogP contribution is 2.10. The third-order valence-corrected chi connectivity index (χ3v) is 3.40. The Labute approximate surface area is 125 Å². The average molecular weight is 286 g/mol. The van der Waals surface area contributed by atoms with Crippen molar-refractivity contribution in [1.82, 2.24) is 15.1 Å². The molecule has 112 valence electrons. The van der Waals surface area contributed by atoms with Gasteiger partial charge in [-0.1, -0.05) is 18.2 Å². The molecule has 2 aromatic rings. The summed E-state index contributed by atoms with van der Waals surface area (Å²) >= 11 is 0. The van der Waals surface area contributed by atoms with Crippen LogP contribution in [0.1, 0.15) is 23.8 Å². The van der Waals surface area contributed by atoms with Crippen LogP contribution >= 0.6 is 0 Å². The van der Waals surface area contributed by atoms with Gasteiger partial charge in [-0.15, -0.1) is 0 Å². The van der Waals surface area contributed by atoms with Gasteiger partial charge in [0.15, 0.2) is 0 Å². The van der Waals surface area contributed by atoms with E-state index in [1.54, 1.807) is 16.9 Å². The van der Waals surface area contributed by atoms with E-state index in [2.05, 4.69) is 34.5 Å². The molecule has 0 fully saturated rings. The molecule has 1 aromatic heterocycles. The van der Waals surface area contributed by atoms with Crippen molar-refractivity contribution in [2.24, 2.45) is 0 Å². The Morgan fingerprint density at radius 3 is 2.76 bits per heavy atom. The van der Waals surface area contributed by atoms with Crippen molar-refractivity contribution in [1.29, 1.82) is 0 Å². The maximum absolute atomic E-state index is 12.0. The Morgan fingerprint density at radius 2 is 2.05 bits per heavy atom. The van der Waals surface area contributed by atoms with E-state index >= 15 is 0 Å². The molecule has 0 saturated heterocycles. The lowest BCUT2D eigenvalue weighted by atomic mass is 10.3. The monoisotopic (exact) mass is 286 g/mol. The lowest BCUT2D eigenvalue weighted by Crippen LogP contribution is -2.29. The Kier molecular flexibility index (Phi) is 5.37. The average Bonchev–Trinajstić information content (AvgIpc) is 3.00. The summed E-state index contributed by atoms with van der Waals surface area (Å²) in [5.41, 5.74) is 1.81. The number of nitrogens with zero attached hydrogens (tertiary/aromatic N) is 3.